The Bertz CT molecular complexity index is 570. The van der Waals surface area contributed by atoms with Crippen molar-refractivity contribution < 1.29 is 84.5 Å². The van der Waals surface area contributed by atoms with Gasteiger partial charge in [-0.1, -0.05) is 48.5 Å². The van der Waals surface area contributed by atoms with Crippen LogP contribution in [-0.4, -0.2) is 39.0 Å². The second kappa shape index (κ2) is 20.2. The van der Waals surface area contributed by atoms with Crippen LogP contribution >= 0.6 is 0 Å². The molecule has 0 bridgehead atoms. The molecule has 0 saturated heterocycles. The summed E-state index contributed by atoms with van der Waals surface area (Å²) >= 11 is 0. The topological polar surface area (TPSA) is 52.6 Å². The molecule has 4 nitrogen and oxygen atoms in total. The Morgan fingerprint density at radius 1 is 0.571 bits per heavy atom. The van der Waals surface area contributed by atoms with Crippen molar-refractivity contribution >= 4 is 12.6 Å². The summed E-state index contributed by atoms with van der Waals surface area (Å²) in [5, 5.41) is 0. The molecule has 0 saturated carbocycles. The molecule has 0 spiro atoms. The molecule has 0 aliphatic carbocycles. The first-order valence-electron chi connectivity index (χ1n) is 8.05. The summed E-state index contributed by atoms with van der Waals surface area (Å²) in [6.07, 6.45) is 3.33. The van der Waals surface area contributed by atoms with Crippen LogP contribution in [0.15, 0.2) is 48.5 Å². The molecule has 0 heterocycles. The first kappa shape index (κ1) is 32.6. The van der Waals surface area contributed by atoms with Crippen LogP contribution in [0.5, 0.6) is 0 Å². The number of hydrogen-bond acceptors (Lipinski definition) is 4. The van der Waals surface area contributed by atoms with Crippen molar-refractivity contribution in [3.05, 3.63) is 85.6 Å². The zero-order valence-electron chi connectivity index (χ0n) is 16.8. The summed E-state index contributed by atoms with van der Waals surface area (Å²) in [6.45, 7) is 2.40. The van der Waals surface area contributed by atoms with Gasteiger partial charge >= 0.3 is 0 Å². The van der Waals surface area contributed by atoms with Gasteiger partial charge in [0.2, 0.25) is 0 Å². The Kier molecular flexibility index (Phi) is 23.5. The maximum absolute atomic E-state index is 10.6. The van der Waals surface area contributed by atoms with Crippen LogP contribution in [0.2, 0.25) is 0 Å². The standard InChI is InChI=1S/C20H22O4.2CH3.2Y/c21-15-19-5-1-17(2-6-19)9-11-23-13-14-24-12-10-18-3-7-20(16-22)8-4-18;;;;/h1-8,15-16H,9-14H2;2*1H3;;/q;2*-1;;. The van der Waals surface area contributed by atoms with E-state index in [1.165, 1.54) is 0 Å². The van der Waals surface area contributed by atoms with E-state index < -0.39 is 0 Å². The Balaban J connectivity index is -0.00000156. The second-order valence-electron chi connectivity index (χ2n) is 5.44. The third kappa shape index (κ3) is 13.2. The minimum absolute atomic E-state index is 0. The molecule has 0 unspecified atom stereocenters. The fourth-order valence-corrected chi connectivity index (χ4v) is 2.23. The zero-order valence-corrected chi connectivity index (χ0v) is 22.5. The Hall–Kier alpha value is -0.0922. The van der Waals surface area contributed by atoms with Crippen LogP contribution < -0.4 is 0 Å². The van der Waals surface area contributed by atoms with Crippen LogP contribution in [-0.2, 0) is 87.7 Å². The smallest absolute Gasteiger partial charge is 0.150 e. The van der Waals surface area contributed by atoms with E-state index in [1.54, 1.807) is 0 Å². The fourth-order valence-electron chi connectivity index (χ4n) is 2.23. The van der Waals surface area contributed by atoms with Crippen molar-refractivity contribution in [1.82, 2.24) is 0 Å². The van der Waals surface area contributed by atoms with Gasteiger partial charge < -0.3 is 24.3 Å². The molecule has 148 valence electrons. The SMILES string of the molecule is O=Cc1ccc(CCOCCOCCc2ccc(C=O)cc2)cc1.[CH3-].[CH3-].[Y].[Y]. The molecule has 0 atom stereocenters. The van der Waals surface area contributed by atoms with Crippen LogP contribution in [0.3, 0.4) is 0 Å². The number of rotatable bonds is 11. The number of hydrogen-bond donors (Lipinski definition) is 0. The molecule has 0 amide bonds. The predicted octanol–water partition coefficient (Wildman–Crippen LogP) is 4.03. The van der Waals surface area contributed by atoms with Gasteiger partial charge in [0, 0.05) is 76.5 Å². The van der Waals surface area contributed by atoms with E-state index in [1.807, 2.05) is 48.5 Å². The first-order valence-corrected chi connectivity index (χ1v) is 8.05. The van der Waals surface area contributed by atoms with Crippen molar-refractivity contribution in [2.24, 2.45) is 0 Å². The van der Waals surface area contributed by atoms with Crippen molar-refractivity contribution in [1.29, 1.82) is 0 Å². The number of carbonyl (C=O) groups excluding carboxylic acids is 2. The monoisotopic (exact) mass is 534 g/mol. The number of carbonyl (C=O) groups is 2. The molecule has 0 fully saturated rings. The number of ether oxygens (including phenoxy) is 2. The van der Waals surface area contributed by atoms with Crippen LogP contribution in [0.25, 0.3) is 0 Å². The Labute approximate surface area is 219 Å². The average Bonchev–Trinajstić information content (AvgIpc) is 2.65. The molecule has 2 aromatic rings. The quantitative estimate of drug-likeness (QED) is 0.248. The van der Waals surface area contributed by atoms with Crippen LogP contribution in [0.1, 0.15) is 31.8 Å². The van der Waals surface area contributed by atoms with Gasteiger partial charge in [-0.2, -0.15) is 0 Å². The van der Waals surface area contributed by atoms with Crippen LogP contribution in [0.4, 0.5) is 0 Å². The summed E-state index contributed by atoms with van der Waals surface area (Å²) in [4.78, 5) is 21.1. The summed E-state index contributed by atoms with van der Waals surface area (Å²) in [7, 11) is 0. The molecule has 2 rings (SSSR count). The molecular weight excluding hydrogens is 506 g/mol. The molecule has 2 radical (unpaired) electrons. The first-order chi connectivity index (χ1) is 11.8. The maximum Gasteiger partial charge on any atom is 0.150 e. The van der Waals surface area contributed by atoms with Gasteiger partial charge in [-0.15, -0.1) is 0 Å². The molecule has 2 aromatic carbocycles. The van der Waals surface area contributed by atoms with E-state index in [2.05, 4.69) is 0 Å². The van der Waals surface area contributed by atoms with E-state index in [4.69, 9.17) is 9.47 Å². The second-order valence-corrected chi connectivity index (χ2v) is 5.44. The summed E-state index contributed by atoms with van der Waals surface area (Å²) in [6, 6.07) is 15.0. The molecule has 0 aliphatic rings. The van der Waals surface area contributed by atoms with Crippen molar-refractivity contribution in [2.75, 3.05) is 26.4 Å². The van der Waals surface area contributed by atoms with Crippen LogP contribution in [0, 0.1) is 14.9 Å². The van der Waals surface area contributed by atoms with Gasteiger partial charge in [-0.25, -0.2) is 0 Å². The molecular formula is C22H28O4Y2-2. The third-order valence-electron chi connectivity index (χ3n) is 3.67. The van der Waals surface area contributed by atoms with Gasteiger partial charge in [0.1, 0.15) is 12.6 Å². The fraction of sp³-hybridized carbons (Fsp3) is 0.273. The van der Waals surface area contributed by atoms with E-state index in [9.17, 15) is 9.59 Å². The van der Waals surface area contributed by atoms with Gasteiger partial charge in [-0.05, 0) is 24.0 Å². The van der Waals surface area contributed by atoms with Crippen molar-refractivity contribution in [3.8, 4) is 0 Å². The third-order valence-corrected chi connectivity index (χ3v) is 3.67. The molecule has 28 heavy (non-hydrogen) atoms. The average molecular weight is 534 g/mol. The Morgan fingerprint density at radius 2 is 0.893 bits per heavy atom. The minimum Gasteiger partial charge on any atom is -0.379 e. The molecule has 0 aliphatic heterocycles. The largest absolute Gasteiger partial charge is 0.379 e. The number of aldehydes is 2. The Morgan fingerprint density at radius 3 is 1.18 bits per heavy atom. The molecule has 0 N–H and O–H groups in total. The summed E-state index contributed by atoms with van der Waals surface area (Å²) in [5.74, 6) is 0. The van der Waals surface area contributed by atoms with Gasteiger partial charge in [0.15, 0.2) is 0 Å². The molecule has 6 heteroatoms. The van der Waals surface area contributed by atoms with E-state index in [0.29, 0.717) is 37.6 Å². The zero-order chi connectivity index (χ0) is 17.0. The van der Waals surface area contributed by atoms with E-state index >= 15 is 0 Å². The number of benzene rings is 2. The van der Waals surface area contributed by atoms with Gasteiger partial charge in [0.05, 0.1) is 26.4 Å². The van der Waals surface area contributed by atoms with E-state index in [-0.39, 0.29) is 80.3 Å². The van der Waals surface area contributed by atoms with E-state index in [0.717, 1.165) is 36.5 Å². The van der Waals surface area contributed by atoms with Crippen molar-refractivity contribution in [3.63, 3.8) is 0 Å². The molecule has 0 aromatic heterocycles. The normalized spacial score (nSPS) is 9.00. The minimum atomic E-state index is 0. The summed E-state index contributed by atoms with van der Waals surface area (Å²) < 4.78 is 11.1. The van der Waals surface area contributed by atoms with Crippen molar-refractivity contribution in [2.45, 2.75) is 12.8 Å². The van der Waals surface area contributed by atoms with Gasteiger partial charge in [-0.3, -0.25) is 9.59 Å². The summed E-state index contributed by atoms with van der Waals surface area (Å²) in [5.41, 5.74) is 3.68. The maximum atomic E-state index is 10.6. The van der Waals surface area contributed by atoms with Gasteiger partial charge in [0.25, 0.3) is 0 Å². The predicted molar refractivity (Wildman–Crippen MR) is 106 cm³/mol.